The molecule has 0 radical (unpaired) electrons. The molecule has 0 unspecified atom stereocenters. The maximum absolute atomic E-state index is 5.37. The predicted octanol–water partition coefficient (Wildman–Crippen LogP) is 2.94. The number of hydrogen-bond acceptors (Lipinski definition) is 2. The van der Waals surface area contributed by atoms with Crippen molar-refractivity contribution in [2.24, 2.45) is 5.73 Å². The van der Waals surface area contributed by atoms with Gasteiger partial charge >= 0.3 is 0 Å². The largest absolute Gasteiger partial charge is 0.370 e. The zero-order valence-corrected chi connectivity index (χ0v) is 12.1. The Bertz CT molecular complexity index is 601. The Kier molecular flexibility index (Phi) is 4.81. The molecule has 0 aromatic heterocycles. The van der Waals surface area contributed by atoms with Gasteiger partial charge in [-0.15, -0.1) is 0 Å². The Morgan fingerprint density at radius 1 is 1.00 bits per heavy atom. The summed E-state index contributed by atoms with van der Waals surface area (Å²) >= 11 is 0. The lowest BCUT2D eigenvalue weighted by Gasteiger charge is -2.19. The van der Waals surface area contributed by atoms with E-state index in [1.54, 1.807) is 0 Å². The van der Waals surface area contributed by atoms with Gasteiger partial charge in [-0.3, -0.25) is 0 Å². The number of nitrogens with two attached hydrogens (primary N) is 1. The minimum Gasteiger partial charge on any atom is -0.370 e. The molecule has 0 atom stereocenters. The molecule has 0 heterocycles. The highest BCUT2D eigenvalue weighted by Gasteiger charge is 2.01. The van der Waals surface area contributed by atoms with Crippen molar-refractivity contribution in [3.05, 3.63) is 65.2 Å². The predicted molar refractivity (Wildman–Crippen MR) is 85.7 cm³/mol. The molecular formula is C18H20N2. The van der Waals surface area contributed by atoms with Gasteiger partial charge in [0.1, 0.15) is 0 Å². The first kappa shape index (κ1) is 14.2. The van der Waals surface area contributed by atoms with Gasteiger partial charge in [0.25, 0.3) is 0 Å². The molecule has 2 aromatic carbocycles. The van der Waals surface area contributed by atoms with Crippen LogP contribution in [-0.4, -0.2) is 13.6 Å². The normalized spacial score (nSPS) is 9.75. The third kappa shape index (κ3) is 3.88. The highest BCUT2D eigenvalue weighted by atomic mass is 15.1. The smallest absolute Gasteiger partial charge is 0.0555 e. The van der Waals surface area contributed by atoms with Crippen molar-refractivity contribution in [3.63, 3.8) is 0 Å². The minimum absolute atomic E-state index is 0.401. The van der Waals surface area contributed by atoms with E-state index in [4.69, 9.17) is 5.73 Å². The van der Waals surface area contributed by atoms with E-state index in [9.17, 15) is 0 Å². The number of nitrogens with zero attached hydrogens (tertiary/aromatic N) is 1. The van der Waals surface area contributed by atoms with Crippen molar-refractivity contribution in [1.29, 1.82) is 0 Å². The molecule has 2 rings (SSSR count). The third-order valence-electron chi connectivity index (χ3n) is 3.18. The van der Waals surface area contributed by atoms with Crippen LogP contribution in [-0.2, 0) is 6.54 Å². The molecular weight excluding hydrogens is 244 g/mol. The van der Waals surface area contributed by atoms with Crippen LogP contribution in [0.3, 0.4) is 0 Å². The fourth-order valence-corrected chi connectivity index (χ4v) is 2.01. The number of hydrogen-bond donors (Lipinski definition) is 1. The summed E-state index contributed by atoms with van der Waals surface area (Å²) in [6, 6.07) is 16.9. The standard InChI is InChI=1S/C18H20N2/c1-15-5-11-18(12-6-15)20(2)14-17-9-7-16(8-10-17)4-3-13-19/h5-12H,13-14,19H2,1-2H3. The third-order valence-corrected chi connectivity index (χ3v) is 3.18. The molecule has 0 saturated heterocycles. The van der Waals surface area contributed by atoms with Crippen molar-refractivity contribution in [3.8, 4) is 11.8 Å². The second-order valence-corrected chi connectivity index (χ2v) is 4.89. The second kappa shape index (κ2) is 6.79. The molecule has 2 heteroatoms. The van der Waals surface area contributed by atoms with Crippen molar-refractivity contribution >= 4 is 5.69 Å². The lowest BCUT2D eigenvalue weighted by molar-refractivity contribution is 0.922. The van der Waals surface area contributed by atoms with E-state index < -0.39 is 0 Å². The van der Waals surface area contributed by atoms with Crippen LogP contribution in [0.1, 0.15) is 16.7 Å². The fraction of sp³-hybridized carbons (Fsp3) is 0.222. The summed E-state index contributed by atoms with van der Waals surface area (Å²) in [7, 11) is 2.10. The molecule has 2 aromatic rings. The van der Waals surface area contributed by atoms with Crippen LogP contribution in [0.25, 0.3) is 0 Å². The summed E-state index contributed by atoms with van der Waals surface area (Å²) in [5.74, 6) is 5.90. The van der Waals surface area contributed by atoms with E-state index in [2.05, 4.69) is 67.1 Å². The topological polar surface area (TPSA) is 29.3 Å². The monoisotopic (exact) mass is 264 g/mol. The van der Waals surface area contributed by atoms with E-state index >= 15 is 0 Å². The van der Waals surface area contributed by atoms with Gasteiger partial charge in [0.2, 0.25) is 0 Å². The number of anilines is 1. The summed E-state index contributed by atoms with van der Waals surface area (Å²) in [5.41, 5.74) is 10.2. The second-order valence-electron chi connectivity index (χ2n) is 4.89. The van der Waals surface area contributed by atoms with Gasteiger partial charge in [-0.05, 0) is 36.8 Å². The lowest BCUT2D eigenvalue weighted by Crippen LogP contribution is -2.16. The Morgan fingerprint density at radius 3 is 2.25 bits per heavy atom. The molecule has 0 spiro atoms. The number of aryl methyl sites for hydroxylation is 1. The fourth-order valence-electron chi connectivity index (χ4n) is 2.01. The highest BCUT2D eigenvalue weighted by molar-refractivity contribution is 5.47. The zero-order valence-electron chi connectivity index (χ0n) is 12.1. The number of benzene rings is 2. The van der Waals surface area contributed by atoms with E-state index in [-0.39, 0.29) is 0 Å². The highest BCUT2D eigenvalue weighted by Crippen LogP contribution is 2.16. The van der Waals surface area contributed by atoms with Gasteiger partial charge in [0.15, 0.2) is 0 Å². The van der Waals surface area contributed by atoms with E-state index in [1.807, 2.05) is 12.1 Å². The van der Waals surface area contributed by atoms with Crippen molar-refractivity contribution < 1.29 is 0 Å². The average Bonchev–Trinajstić information content (AvgIpc) is 2.47. The van der Waals surface area contributed by atoms with Crippen molar-refractivity contribution in [2.45, 2.75) is 13.5 Å². The van der Waals surface area contributed by atoms with Crippen LogP contribution >= 0.6 is 0 Å². The number of rotatable bonds is 3. The quantitative estimate of drug-likeness (QED) is 0.864. The van der Waals surface area contributed by atoms with Gasteiger partial charge < -0.3 is 10.6 Å². The van der Waals surface area contributed by atoms with E-state index in [1.165, 1.54) is 16.8 Å². The molecule has 0 aliphatic heterocycles. The van der Waals surface area contributed by atoms with Crippen LogP contribution in [0.4, 0.5) is 5.69 Å². The van der Waals surface area contributed by atoms with Crippen molar-refractivity contribution in [2.75, 3.05) is 18.5 Å². The van der Waals surface area contributed by atoms with Crippen LogP contribution in [0.2, 0.25) is 0 Å². The van der Waals surface area contributed by atoms with Gasteiger partial charge in [0.05, 0.1) is 6.54 Å². The molecule has 0 aliphatic carbocycles. The molecule has 0 aliphatic rings. The van der Waals surface area contributed by atoms with E-state index in [0.29, 0.717) is 6.54 Å². The van der Waals surface area contributed by atoms with Gasteiger partial charge in [0, 0.05) is 24.8 Å². The molecule has 2 N–H and O–H groups in total. The Labute approximate surface area is 121 Å². The Hall–Kier alpha value is -2.24. The SMILES string of the molecule is Cc1ccc(N(C)Cc2ccc(C#CCN)cc2)cc1. The first-order valence-electron chi connectivity index (χ1n) is 6.75. The van der Waals surface area contributed by atoms with Crippen LogP contribution in [0.15, 0.2) is 48.5 Å². The maximum atomic E-state index is 5.37. The molecule has 102 valence electrons. The van der Waals surface area contributed by atoms with Crippen LogP contribution in [0, 0.1) is 18.8 Å². The summed E-state index contributed by atoms with van der Waals surface area (Å²) in [4.78, 5) is 2.24. The van der Waals surface area contributed by atoms with Gasteiger partial charge in [-0.2, -0.15) is 0 Å². The van der Waals surface area contributed by atoms with Gasteiger partial charge in [-0.25, -0.2) is 0 Å². The maximum Gasteiger partial charge on any atom is 0.0555 e. The molecule has 20 heavy (non-hydrogen) atoms. The van der Waals surface area contributed by atoms with Crippen LogP contribution < -0.4 is 10.6 Å². The molecule has 0 saturated carbocycles. The summed E-state index contributed by atoms with van der Waals surface area (Å²) in [6.07, 6.45) is 0. The first-order chi connectivity index (χ1) is 9.69. The Morgan fingerprint density at radius 2 is 1.65 bits per heavy atom. The first-order valence-corrected chi connectivity index (χ1v) is 6.75. The van der Waals surface area contributed by atoms with Gasteiger partial charge in [-0.1, -0.05) is 41.7 Å². The molecule has 2 nitrogen and oxygen atoms in total. The summed E-state index contributed by atoms with van der Waals surface area (Å²) in [6.45, 7) is 3.39. The van der Waals surface area contributed by atoms with Crippen LogP contribution in [0.5, 0.6) is 0 Å². The summed E-state index contributed by atoms with van der Waals surface area (Å²) < 4.78 is 0. The van der Waals surface area contributed by atoms with E-state index in [0.717, 1.165) is 12.1 Å². The van der Waals surface area contributed by atoms with Crippen molar-refractivity contribution in [1.82, 2.24) is 0 Å². The molecule has 0 amide bonds. The minimum atomic E-state index is 0.401. The lowest BCUT2D eigenvalue weighted by atomic mass is 10.1. The molecule has 0 fully saturated rings. The zero-order chi connectivity index (χ0) is 14.4. The molecule has 0 bridgehead atoms. The summed E-state index contributed by atoms with van der Waals surface area (Å²) in [5, 5.41) is 0. The Balaban J connectivity index is 2.04. The average molecular weight is 264 g/mol.